The van der Waals surface area contributed by atoms with Gasteiger partial charge in [0.15, 0.2) is 0 Å². The molecule has 0 unspecified atom stereocenters. The SMILES string of the molecule is O=C(N[C@@H]1CCC[C@H](Nc2cc(C(F)(F)F)nc3ccccc23)C1)C1CCC(CN2C(=O)C=CC2=O)CC1. The summed E-state index contributed by atoms with van der Waals surface area (Å²) in [4.78, 5) is 41.7. The fraction of sp³-hybridized carbons (Fsp3) is 0.500. The van der Waals surface area contributed by atoms with E-state index in [9.17, 15) is 27.6 Å². The van der Waals surface area contributed by atoms with E-state index >= 15 is 0 Å². The molecule has 0 bridgehead atoms. The number of nitrogens with zero attached hydrogens (tertiary/aromatic N) is 2. The molecule has 0 saturated heterocycles. The zero-order valence-corrected chi connectivity index (χ0v) is 21.0. The predicted molar refractivity (Wildman–Crippen MR) is 136 cm³/mol. The Hall–Kier alpha value is -3.43. The summed E-state index contributed by atoms with van der Waals surface area (Å²) in [6.45, 7) is 0.398. The molecular weight excluding hydrogens is 497 g/mol. The lowest BCUT2D eigenvalue weighted by atomic mass is 9.81. The highest BCUT2D eigenvalue weighted by Gasteiger charge is 2.35. The van der Waals surface area contributed by atoms with E-state index in [1.165, 1.54) is 17.1 Å². The highest BCUT2D eigenvalue weighted by Crippen LogP contribution is 2.35. The molecule has 0 radical (unpaired) electrons. The van der Waals surface area contributed by atoms with Crippen LogP contribution in [-0.2, 0) is 20.6 Å². The molecule has 2 aromatic rings. The van der Waals surface area contributed by atoms with Crippen molar-refractivity contribution in [3.05, 3.63) is 48.2 Å². The maximum atomic E-state index is 13.4. The quantitative estimate of drug-likeness (QED) is 0.525. The van der Waals surface area contributed by atoms with Gasteiger partial charge in [0.05, 0.1) is 5.52 Å². The lowest BCUT2D eigenvalue weighted by molar-refractivity contribution is -0.141. The third-order valence-corrected chi connectivity index (χ3v) is 7.95. The molecule has 7 nitrogen and oxygen atoms in total. The van der Waals surface area contributed by atoms with Crippen molar-refractivity contribution in [2.24, 2.45) is 11.8 Å². The summed E-state index contributed by atoms with van der Waals surface area (Å²) in [7, 11) is 0. The second kappa shape index (κ2) is 10.7. The predicted octanol–water partition coefficient (Wildman–Crippen LogP) is 4.82. The van der Waals surface area contributed by atoms with Crippen LogP contribution in [0.5, 0.6) is 0 Å². The lowest BCUT2D eigenvalue weighted by Gasteiger charge is -2.34. The van der Waals surface area contributed by atoms with Crippen LogP contribution in [0.25, 0.3) is 10.9 Å². The third kappa shape index (κ3) is 5.84. The fourth-order valence-electron chi connectivity index (χ4n) is 5.91. The van der Waals surface area contributed by atoms with Crippen molar-refractivity contribution >= 4 is 34.3 Å². The van der Waals surface area contributed by atoms with Gasteiger partial charge in [-0.15, -0.1) is 0 Å². The Morgan fingerprint density at radius 2 is 1.66 bits per heavy atom. The van der Waals surface area contributed by atoms with Crippen molar-refractivity contribution in [1.82, 2.24) is 15.2 Å². The largest absolute Gasteiger partial charge is 0.433 e. The van der Waals surface area contributed by atoms with E-state index in [4.69, 9.17) is 0 Å². The van der Waals surface area contributed by atoms with E-state index in [1.807, 2.05) is 0 Å². The number of pyridine rings is 1. The molecule has 38 heavy (non-hydrogen) atoms. The van der Waals surface area contributed by atoms with Crippen LogP contribution in [0.2, 0.25) is 0 Å². The van der Waals surface area contributed by atoms with Gasteiger partial charge in [0, 0.05) is 47.8 Å². The third-order valence-electron chi connectivity index (χ3n) is 7.95. The van der Waals surface area contributed by atoms with Gasteiger partial charge in [-0.1, -0.05) is 18.2 Å². The molecule has 3 aliphatic rings. The highest BCUT2D eigenvalue weighted by molar-refractivity contribution is 6.12. The number of anilines is 1. The minimum absolute atomic E-state index is 0.0119. The van der Waals surface area contributed by atoms with E-state index < -0.39 is 11.9 Å². The second-order valence-electron chi connectivity index (χ2n) is 10.6. The van der Waals surface area contributed by atoms with Crippen LogP contribution in [0, 0.1) is 11.8 Å². The van der Waals surface area contributed by atoms with Gasteiger partial charge in [-0.3, -0.25) is 19.3 Å². The number of para-hydroxylation sites is 1. The van der Waals surface area contributed by atoms with Crippen LogP contribution in [0.15, 0.2) is 42.5 Å². The maximum Gasteiger partial charge on any atom is 0.433 e. The molecule has 1 aromatic carbocycles. The first kappa shape index (κ1) is 26.2. The Kier molecular flexibility index (Phi) is 7.40. The number of halogens is 3. The first-order chi connectivity index (χ1) is 18.2. The van der Waals surface area contributed by atoms with Gasteiger partial charge in [0.1, 0.15) is 5.69 Å². The Labute approximate surface area is 218 Å². The molecule has 1 aliphatic heterocycles. The molecule has 202 valence electrons. The van der Waals surface area contributed by atoms with Crippen molar-refractivity contribution < 1.29 is 27.6 Å². The summed E-state index contributed by atoms with van der Waals surface area (Å²) in [5.41, 5.74) is -0.233. The molecule has 2 N–H and O–H groups in total. The Bertz CT molecular complexity index is 1240. The lowest BCUT2D eigenvalue weighted by Crippen LogP contribution is -2.45. The van der Waals surface area contributed by atoms with Crippen molar-refractivity contribution in [2.75, 3.05) is 11.9 Å². The number of fused-ring (bicyclic) bond motifs is 1. The molecule has 10 heteroatoms. The van der Waals surface area contributed by atoms with E-state index in [1.54, 1.807) is 24.3 Å². The Morgan fingerprint density at radius 3 is 2.37 bits per heavy atom. The molecular formula is C28H31F3N4O3. The summed E-state index contributed by atoms with van der Waals surface area (Å²) in [5, 5.41) is 7.13. The van der Waals surface area contributed by atoms with Gasteiger partial charge in [-0.05, 0) is 69.4 Å². The van der Waals surface area contributed by atoms with Gasteiger partial charge in [-0.2, -0.15) is 13.2 Å². The monoisotopic (exact) mass is 528 g/mol. The number of amides is 3. The molecule has 2 atom stereocenters. The maximum absolute atomic E-state index is 13.4. The van der Waals surface area contributed by atoms with Crippen LogP contribution >= 0.6 is 0 Å². The molecule has 2 saturated carbocycles. The number of carbonyl (C=O) groups is 3. The van der Waals surface area contributed by atoms with Gasteiger partial charge >= 0.3 is 6.18 Å². The molecule has 3 amide bonds. The zero-order valence-electron chi connectivity index (χ0n) is 21.0. The summed E-state index contributed by atoms with van der Waals surface area (Å²) >= 11 is 0. The van der Waals surface area contributed by atoms with Crippen molar-refractivity contribution in [3.63, 3.8) is 0 Å². The second-order valence-corrected chi connectivity index (χ2v) is 10.6. The van der Waals surface area contributed by atoms with Gasteiger partial charge in [0.2, 0.25) is 5.91 Å². The Morgan fingerprint density at radius 1 is 0.974 bits per heavy atom. The van der Waals surface area contributed by atoms with E-state index in [0.717, 1.165) is 38.2 Å². The van der Waals surface area contributed by atoms with Gasteiger partial charge < -0.3 is 10.6 Å². The number of alkyl halides is 3. The first-order valence-corrected chi connectivity index (χ1v) is 13.2. The number of hydrogen-bond donors (Lipinski definition) is 2. The number of imide groups is 1. The fourth-order valence-corrected chi connectivity index (χ4v) is 5.91. The normalized spacial score (nSPS) is 26.1. The molecule has 2 aliphatic carbocycles. The summed E-state index contributed by atoms with van der Waals surface area (Å²) in [6, 6.07) is 7.73. The minimum Gasteiger partial charge on any atom is -0.382 e. The molecule has 2 heterocycles. The highest BCUT2D eigenvalue weighted by atomic mass is 19.4. The molecule has 1 aromatic heterocycles. The van der Waals surface area contributed by atoms with Crippen LogP contribution in [0.4, 0.5) is 18.9 Å². The van der Waals surface area contributed by atoms with E-state index in [-0.39, 0.29) is 47.2 Å². The van der Waals surface area contributed by atoms with Gasteiger partial charge in [-0.25, -0.2) is 4.98 Å². The number of rotatable bonds is 6. The van der Waals surface area contributed by atoms with Gasteiger partial charge in [0.25, 0.3) is 11.8 Å². The van der Waals surface area contributed by atoms with Crippen LogP contribution in [-0.4, -0.2) is 46.2 Å². The number of nitrogens with one attached hydrogen (secondary N) is 2. The zero-order chi connectivity index (χ0) is 26.9. The number of hydrogen-bond acceptors (Lipinski definition) is 5. The van der Waals surface area contributed by atoms with Crippen molar-refractivity contribution in [2.45, 2.75) is 69.6 Å². The summed E-state index contributed by atoms with van der Waals surface area (Å²) in [5.74, 6) is -0.444. The van der Waals surface area contributed by atoms with E-state index in [0.29, 0.717) is 36.9 Å². The first-order valence-electron chi connectivity index (χ1n) is 13.2. The summed E-state index contributed by atoms with van der Waals surface area (Å²) in [6.07, 6.45) is 4.13. The standard InChI is InChI=1S/C28H31F3N4O3/c29-28(30,31)24-15-23(21-6-1-2-7-22(21)34-24)32-19-4-3-5-20(14-19)33-27(38)18-10-8-17(9-11-18)16-35-25(36)12-13-26(35)37/h1-2,6-7,12-13,15,17-20H,3-5,8-11,14,16H2,(H,32,34)(H,33,38)/t17?,18?,19-,20+/m0/s1. The Balaban J connectivity index is 1.16. The number of carbonyl (C=O) groups excluding carboxylic acids is 3. The van der Waals surface area contributed by atoms with Crippen LogP contribution < -0.4 is 10.6 Å². The average molecular weight is 529 g/mol. The minimum atomic E-state index is -4.54. The van der Waals surface area contributed by atoms with Crippen LogP contribution in [0.1, 0.15) is 57.1 Å². The topological polar surface area (TPSA) is 91.4 Å². The van der Waals surface area contributed by atoms with Crippen LogP contribution in [0.3, 0.4) is 0 Å². The smallest absolute Gasteiger partial charge is 0.382 e. The molecule has 5 rings (SSSR count). The van der Waals surface area contributed by atoms with Crippen molar-refractivity contribution in [1.29, 1.82) is 0 Å². The van der Waals surface area contributed by atoms with Crippen molar-refractivity contribution in [3.8, 4) is 0 Å². The number of benzene rings is 1. The molecule has 0 spiro atoms. The average Bonchev–Trinajstić information content (AvgIpc) is 3.21. The van der Waals surface area contributed by atoms with E-state index in [2.05, 4.69) is 15.6 Å². The summed E-state index contributed by atoms with van der Waals surface area (Å²) < 4.78 is 40.3. The molecule has 2 fully saturated rings. The number of aromatic nitrogens is 1.